The zero-order valence-corrected chi connectivity index (χ0v) is 25.6. The molecule has 22 heteroatoms. The number of alkyl halides is 1. The number of nitrogens with two attached hydrogens (primary N) is 2. The molecule has 1 unspecified atom stereocenters. The molecule has 1 amide bonds. The molecule has 3 fully saturated rings. The first-order valence-electron chi connectivity index (χ1n) is 13.2. The number of carbonyl (C=O) groups is 1. The lowest BCUT2D eigenvalue weighted by atomic mass is 10.1. The molecule has 0 radical (unpaired) electrons. The molecule has 6 heterocycles. The smallest absolute Gasteiger partial charge is 0.382 e. The fraction of sp³-hybridized carbons (Fsp3) is 0.391. The predicted octanol–water partition coefficient (Wildman–Crippen LogP) is 1.89. The van der Waals surface area contributed by atoms with E-state index in [-0.39, 0.29) is 33.6 Å². The summed E-state index contributed by atoms with van der Waals surface area (Å²) >= 11 is 4.06. The number of nitrogen functional groups attached to an aromatic ring is 1. The second kappa shape index (κ2) is 11.5. The highest BCUT2D eigenvalue weighted by Crippen LogP contribution is 2.57. The van der Waals surface area contributed by atoms with Crippen LogP contribution in [0.1, 0.15) is 22.8 Å². The topological polar surface area (TPSA) is 233 Å². The van der Waals surface area contributed by atoms with Gasteiger partial charge in [0.1, 0.15) is 41.8 Å². The summed E-state index contributed by atoms with van der Waals surface area (Å²) in [5.74, 6) is -0.646. The largest absolute Gasteiger partial charge is 0.386 e. The average molecular weight is 684 g/mol. The van der Waals surface area contributed by atoms with E-state index in [0.717, 1.165) is 0 Å². The van der Waals surface area contributed by atoms with Gasteiger partial charge in [0.15, 0.2) is 30.1 Å². The predicted molar refractivity (Wildman–Crippen MR) is 155 cm³/mol. The summed E-state index contributed by atoms with van der Waals surface area (Å²) in [6, 6.07) is 4.68. The van der Waals surface area contributed by atoms with Crippen LogP contribution in [-0.2, 0) is 36.7 Å². The fourth-order valence-corrected chi connectivity index (χ4v) is 7.69. The Morgan fingerprint density at radius 3 is 2.80 bits per heavy atom. The van der Waals surface area contributed by atoms with E-state index in [1.807, 2.05) is 0 Å². The molecule has 0 spiro atoms. The van der Waals surface area contributed by atoms with Crippen LogP contribution >= 0.6 is 27.3 Å². The number of halogens is 1. The van der Waals surface area contributed by atoms with Gasteiger partial charge in [-0.1, -0.05) is 30.1 Å². The van der Waals surface area contributed by atoms with Gasteiger partial charge in [-0.05, 0) is 17.7 Å². The van der Waals surface area contributed by atoms with E-state index in [4.69, 9.17) is 39.0 Å². The first-order valence-corrected chi connectivity index (χ1v) is 17.1. The van der Waals surface area contributed by atoms with E-state index in [2.05, 4.69) is 44.1 Å². The molecule has 4 aromatic rings. The average Bonchev–Trinajstić information content (AvgIpc) is 3.76. The number of fused-ring (bicyclic) bond motifs is 5. The van der Waals surface area contributed by atoms with E-state index in [9.17, 15) is 13.9 Å². The Bertz CT molecular complexity index is 1910. The summed E-state index contributed by atoms with van der Waals surface area (Å²) < 4.78 is 79.4. The van der Waals surface area contributed by atoms with Crippen LogP contribution < -0.4 is 11.5 Å². The number of anilines is 1. The minimum absolute atomic E-state index is 0.0715. The second-order valence-electron chi connectivity index (χ2n) is 10.2. The van der Waals surface area contributed by atoms with Crippen molar-refractivity contribution in [3.8, 4) is 0 Å². The Morgan fingerprint density at radius 1 is 1.18 bits per heavy atom. The quantitative estimate of drug-likeness (QED) is 0.159. The molecular weight excluding hydrogens is 659 g/mol. The number of aromatic nitrogens is 7. The molecule has 9 atom stereocenters. The summed E-state index contributed by atoms with van der Waals surface area (Å²) in [4.78, 5) is 24.0. The van der Waals surface area contributed by atoms with Crippen LogP contribution in [0.2, 0.25) is 0 Å². The van der Waals surface area contributed by atoms with Crippen molar-refractivity contribution < 1.29 is 45.9 Å². The molecule has 3 aliphatic heterocycles. The molecule has 4 N–H and O–H groups in total. The Labute approximate surface area is 257 Å². The van der Waals surface area contributed by atoms with Crippen molar-refractivity contribution in [1.29, 1.82) is 0 Å². The third-order valence-electron chi connectivity index (χ3n) is 7.51. The van der Waals surface area contributed by atoms with Crippen LogP contribution in [0.25, 0.3) is 22.2 Å². The number of benzene rings is 1. The van der Waals surface area contributed by atoms with E-state index >= 15 is 4.39 Å². The monoisotopic (exact) mass is 683 g/mol. The SMILES string of the molecule is C=C1[C@H]2O[PH](=O)OC[C@H]3O[C@@H](n4cnc5c(N)ncnc54)[C@H](F)[C@@H]3O[P@](=O)(S)OC[C@H]1O[C@H]2n1nnc2c(C(N)=O)cccc21. The van der Waals surface area contributed by atoms with Crippen LogP contribution in [0.15, 0.2) is 43.0 Å². The number of thiol groups is 1. The molecule has 3 aromatic heterocycles. The van der Waals surface area contributed by atoms with Gasteiger partial charge >= 0.3 is 15.1 Å². The molecule has 0 saturated carbocycles. The van der Waals surface area contributed by atoms with Gasteiger partial charge in [-0.3, -0.25) is 27.5 Å². The van der Waals surface area contributed by atoms with Gasteiger partial charge in [-0.2, -0.15) is 0 Å². The molecule has 238 valence electrons. The van der Waals surface area contributed by atoms with Gasteiger partial charge in [0.05, 0.1) is 30.6 Å². The number of hydrogen-bond acceptors (Lipinski definition) is 15. The van der Waals surface area contributed by atoms with Crippen molar-refractivity contribution in [2.75, 3.05) is 18.9 Å². The summed E-state index contributed by atoms with van der Waals surface area (Å²) in [7, 11) is -3.36. The zero-order chi connectivity index (χ0) is 31.6. The van der Waals surface area contributed by atoms with Gasteiger partial charge in [0, 0.05) is 0 Å². The van der Waals surface area contributed by atoms with Crippen molar-refractivity contribution in [2.24, 2.45) is 5.73 Å². The van der Waals surface area contributed by atoms with Crippen molar-refractivity contribution in [1.82, 2.24) is 34.5 Å². The molecule has 0 aliphatic carbocycles. The molecule has 2 bridgehead atoms. The number of carbonyl (C=O) groups excluding carboxylic acids is 1. The maximum absolute atomic E-state index is 16.0. The number of imidazole rings is 1. The van der Waals surface area contributed by atoms with Crippen LogP contribution in [0.3, 0.4) is 0 Å². The molecular formula is C23H24FN9O9P2S. The first kappa shape index (κ1) is 30.3. The molecule has 7 rings (SSSR count). The highest BCUT2D eigenvalue weighted by atomic mass is 32.7. The number of primary amides is 1. The van der Waals surface area contributed by atoms with Gasteiger partial charge in [-0.25, -0.2) is 28.6 Å². The third-order valence-corrected chi connectivity index (χ3v) is 9.97. The van der Waals surface area contributed by atoms with Gasteiger partial charge < -0.3 is 25.5 Å². The Hall–Kier alpha value is -3.32. The first-order chi connectivity index (χ1) is 21.5. The number of nitrogens with zero attached hydrogens (tertiary/aromatic N) is 7. The second-order valence-corrected chi connectivity index (χ2v) is 14.1. The molecule has 3 saturated heterocycles. The van der Waals surface area contributed by atoms with Crippen LogP contribution in [0.4, 0.5) is 10.2 Å². The Balaban J connectivity index is 1.18. The number of hydrogen-bond donors (Lipinski definition) is 3. The summed E-state index contributed by atoms with van der Waals surface area (Å²) in [6.45, 7) is -1.26. The van der Waals surface area contributed by atoms with Gasteiger partial charge in [-0.15, -0.1) is 5.10 Å². The minimum Gasteiger partial charge on any atom is -0.382 e. The lowest BCUT2D eigenvalue weighted by molar-refractivity contribution is -0.0592. The summed E-state index contributed by atoms with van der Waals surface area (Å²) in [6.07, 6.45) is -7.01. The fourth-order valence-electron chi connectivity index (χ4n) is 5.38. The zero-order valence-electron chi connectivity index (χ0n) is 22.8. The maximum atomic E-state index is 16.0. The standard InChI is InChI=1S/C23H24FN9O9P2S/c1-9-12-6-38-44(36,45)42-18-13(40-22(14(18)24)32-8-29-16-19(25)27-7-28-21(16)32)5-37-43(35)41-17(9)23(39-12)33-11-4-2-3-10(20(26)34)15(11)30-31-33/h2-4,7-8,12-14,17-18,22-23,43H,1,5-6H2,(H2,26,34)(H,36,45)(H2,25,27,28)/t12-,13-,14-,17-,18-,22-,23-,44-/m1/s1. The van der Waals surface area contributed by atoms with Gasteiger partial charge in [0.2, 0.25) is 0 Å². The van der Waals surface area contributed by atoms with E-state index in [1.165, 1.54) is 28.0 Å². The highest BCUT2D eigenvalue weighted by molar-refractivity contribution is 8.44. The number of rotatable bonds is 3. The molecule has 3 aliphatic rings. The number of ether oxygens (including phenoxy) is 2. The van der Waals surface area contributed by atoms with Crippen molar-refractivity contribution >= 4 is 61.2 Å². The van der Waals surface area contributed by atoms with E-state index < -0.39 is 77.2 Å². The Kier molecular flexibility index (Phi) is 7.74. The lowest BCUT2D eigenvalue weighted by Gasteiger charge is -2.24. The van der Waals surface area contributed by atoms with Crippen molar-refractivity contribution in [2.45, 2.75) is 43.0 Å². The van der Waals surface area contributed by atoms with E-state index in [0.29, 0.717) is 5.52 Å². The van der Waals surface area contributed by atoms with Crippen molar-refractivity contribution in [3.63, 3.8) is 0 Å². The van der Waals surface area contributed by atoms with Gasteiger partial charge in [0.25, 0.3) is 5.91 Å². The maximum Gasteiger partial charge on any atom is 0.386 e. The third kappa shape index (κ3) is 5.35. The molecule has 45 heavy (non-hydrogen) atoms. The van der Waals surface area contributed by atoms with Crippen LogP contribution in [-0.4, -0.2) is 84.2 Å². The summed E-state index contributed by atoms with van der Waals surface area (Å²) in [5, 5.41) is 8.15. The molecule has 18 nitrogen and oxygen atoms in total. The Morgan fingerprint density at radius 2 is 2.00 bits per heavy atom. The van der Waals surface area contributed by atoms with E-state index in [1.54, 1.807) is 12.1 Å². The minimum atomic E-state index is -4.30. The summed E-state index contributed by atoms with van der Waals surface area (Å²) in [5.41, 5.74) is 12.6. The van der Waals surface area contributed by atoms with Crippen LogP contribution in [0, 0.1) is 0 Å². The molecule has 1 aromatic carbocycles. The van der Waals surface area contributed by atoms with Crippen molar-refractivity contribution in [3.05, 3.63) is 48.6 Å². The number of amides is 1. The van der Waals surface area contributed by atoms with Crippen LogP contribution in [0.5, 0.6) is 0 Å². The lowest BCUT2D eigenvalue weighted by Crippen LogP contribution is -2.33. The normalized spacial score (nSPS) is 34.3. The highest BCUT2D eigenvalue weighted by Gasteiger charge is 2.51.